The first kappa shape index (κ1) is 13.3. The number of rotatable bonds is 6. The Morgan fingerprint density at radius 3 is 2.68 bits per heavy atom. The lowest BCUT2D eigenvalue weighted by Crippen LogP contribution is -2.26. The first-order valence-corrected chi connectivity index (χ1v) is 6.32. The number of aromatic nitrogens is 2. The third-order valence-corrected chi connectivity index (χ3v) is 2.82. The monoisotopic (exact) mass is 258 g/mol. The second-order valence-electron chi connectivity index (χ2n) is 4.23. The topological polar surface area (TPSA) is 58.9 Å². The van der Waals surface area contributed by atoms with E-state index in [9.17, 15) is 4.79 Å². The Morgan fingerprint density at radius 2 is 2.05 bits per heavy atom. The molecular formula is C14H18N4O. The number of carbonyl (C=O) groups is 1. The summed E-state index contributed by atoms with van der Waals surface area (Å²) >= 11 is 0. The van der Waals surface area contributed by atoms with E-state index in [1.54, 1.807) is 12.5 Å². The molecule has 0 aliphatic rings. The van der Waals surface area contributed by atoms with Crippen molar-refractivity contribution in [2.24, 2.45) is 0 Å². The van der Waals surface area contributed by atoms with Crippen LogP contribution in [0.3, 0.4) is 0 Å². The van der Waals surface area contributed by atoms with Crippen LogP contribution >= 0.6 is 0 Å². The normalized spacial score (nSPS) is 10.4. The van der Waals surface area contributed by atoms with Crippen LogP contribution in [0.2, 0.25) is 0 Å². The van der Waals surface area contributed by atoms with Gasteiger partial charge in [0.1, 0.15) is 0 Å². The van der Waals surface area contributed by atoms with Crippen molar-refractivity contribution in [3.8, 4) is 5.69 Å². The molecule has 0 aliphatic heterocycles. The Labute approximate surface area is 112 Å². The van der Waals surface area contributed by atoms with Gasteiger partial charge in [-0.3, -0.25) is 4.79 Å². The van der Waals surface area contributed by atoms with E-state index in [2.05, 4.69) is 15.6 Å². The molecule has 5 nitrogen and oxygen atoms in total. The maximum Gasteiger partial charge on any atom is 0.251 e. The van der Waals surface area contributed by atoms with E-state index >= 15 is 0 Å². The van der Waals surface area contributed by atoms with E-state index in [0.717, 1.165) is 18.7 Å². The van der Waals surface area contributed by atoms with E-state index in [1.165, 1.54) is 0 Å². The summed E-state index contributed by atoms with van der Waals surface area (Å²) in [6, 6.07) is 7.46. The molecule has 1 heterocycles. The summed E-state index contributed by atoms with van der Waals surface area (Å²) in [6.45, 7) is 1.59. The highest BCUT2D eigenvalue weighted by atomic mass is 16.1. The third kappa shape index (κ3) is 3.66. The van der Waals surface area contributed by atoms with Gasteiger partial charge in [-0.25, -0.2) is 4.98 Å². The highest BCUT2D eigenvalue weighted by Crippen LogP contribution is 2.09. The Balaban J connectivity index is 1.93. The first-order chi connectivity index (χ1) is 9.31. The highest BCUT2D eigenvalue weighted by Gasteiger charge is 2.04. The summed E-state index contributed by atoms with van der Waals surface area (Å²) in [6.07, 6.45) is 6.25. The number of nitrogens with one attached hydrogen (secondary N) is 2. The lowest BCUT2D eigenvalue weighted by molar-refractivity contribution is 0.0953. The molecule has 1 amide bonds. The average molecular weight is 258 g/mol. The maximum absolute atomic E-state index is 11.9. The number of hydrogen-bond donors (Lipinski definition) is 2. The van der Waals surface area contributed by atoms with Crippen molar-refractivity contribution in [1.82, 2.24) is 20.2 Å². The number of imidazole rings is 1. The van der Waals surface area contributed by atoms with Gasteiger partial charge in [0, 0.05) is 30.2 Å². The van der Waals surface area contributed by atoms with Crippen molar-refractivity contribution < 1.29 is 4.79 Å². The van der Waals surface area contributed by atoms with Crippen molar-refractivity contribution in [3.63, 3.8) is 0 Å². The molecule has 0 saturated carbocycles. The van der Waals surface area contributed by atoms with Gasteiger partial charge in [0.2, 0.25) is 0 Å². The second-order valence-corrected chi connectivity index (χ2v) is 4.23. The third-order valence-electron chi connectivity index (χ3n) is 2.82. The van der Waals surface area contributed by atoms with Crippen LogP contribution in [0.25, 0.3) is 5.69 Å². The number of hydrogen-bond acceptors (Lipinski definition) is 3. The average Bonchev–Trinajstić information content (AvgIpc) is 2.98. The number of benzene rings is 1. The minimum absolute atomic E-state index is 0.0340. The van der Waals surface area contributed by atoms with Crippen molar-refractivity contribution in [2.45, 2.75) is 6.42 Å². The molecule has 0 atom stereocenters. The molecule has 0 spiro atoms. The van der Waals surface area contributed by atoms with Crippen LogP contribution in [0.15, 0.2) is 43.0 Å². The molecule has 1 aromatic carbocycles. The Morgan fingerprint density at radius 1 is 1.26 bits per heavy atom. The van der Waals surface area contributed by atoms with Gasteiger partial charge in [-0.1, -0.05) is 0 Å². The second kappa shape index (κ2) is 6.70. The molecule has 2 rings (SSSR count). The lowest BCUT2D eigenvalue weighted by Gasteiger charge is -2.06. The van der Waals surface area contributed by atoms with Crippen LogP contribution in [0.5, 0.6) is 0 Å². The lowest BCUT2D eigenvalue weighted by atomic mass is 10.2. The fourth-order valence-corrected chi connectivity index (χ4v) is 1.77. The highest BCUT2D eigenvalue weighted by molar-refractivity contribution is 5.94. The Kier molecular flexibility index (Phi) is 4.69. The standard InChI is InChI=1S/C14H18N4O/c1-15-7-2-8-17-14(19)12-3-5-13(6-4-12)18-10-9-16-11-18/h3-6,9-11,15H,2,7-8H2,1H3,(H,17,19). The summed E-state index contributed by atoms with van der Waals surface area (Å²) in [4.78, 5) is 15.8. The molecular weight excluding hydrogens is 240 g/mol. The van der Waals surface area contributed by atoms with Crippen LogP contribution in [-0.2, 0) is 0 Å². The zero-order chi connectivity index (χ0) is 13.5. The molecule has 0 radical (unpaired) electrons. The summed E-state index contributed by atoms with van der Waals surface area (Å²) < 4.78 is 1.90. The molecule has 0 fully saturated rings. The number of nitrogens with zero attached hydrogens (tertiary/aromatic N) is 2. The molecule has 2 N–H and O–H groups in total. The van der Waals surface area contributed by atoms with Gasteiger partial charge in [0.15, 0.2) is 0 Å². The molecule has 0 saturated heterocycles. The smallest absolute Gasteiger partial charge is 0.251 e. The van der Waals surface area contributed by atoms with E-state index in [-0.39, 0.29) is 5.91 Å². The molecule has 100 valence electrons. The molecule has 19 heavy (non-hydrogen) atoms. The summed E-state index contributed by atoms with van der Waals surface area (Å²) in [5.74, 6) is -0.0340. The molecule has 1 aromatic heterocycles. The molecule has 0 bridgehead atoms. The quantitative estimate of drug-likeness (QED) is 0.766. The van der Waals surface area contributed by atoms with E-state index in [4.69, 9.17) is 0 Å². The van der Waals surface area contributed by atoms with Crippen LogP contribution < -0.4 is 10.6 Å². The van der Waals surface area contributed by atoms with Crippen molar-refractivity contribution in [2.75, 3.05) is 20.1 Å². The summed E-state index contributed by atoms with van der Waals surface area (Å²) in [5.41, 5.74) is 1.66. The molecule has 5 heteroatoms. The van der Waals surface area contributed by atoms with Gasteiger partial charge < -0.3 is 15.2 Å². The van der Waals surface area contributed by atoms with Gasteiger partial charge in [-0.05, 0) is 44.3 Å². The van der Waals surface area contributed by atoms with Crippen molar-refractivity contribution >= 4 is 5.91 Å². The Hall–Kier alpha value is -2.14. The first-order valence-electron chi connectivity index (χ1n) is 6.32. The van der Waals surface area contributed by atoms with Crippen LogP contribution in [-0.4, -0.2) is 35.6 Å². The van der Waals surface area contributed by atoms with Crippen molar-refractivity contribution in [3.05, 3.63) is 48.5 Å². The number of amides is 1. The van der Waals surface area contributed by atoms with E-state index < -0.39 is 0 Å². The zero-order valence-electron chi connectivity index (χ0n) is 11.0. The minimum Gasteiger partial charge on any atom is -0.352 e. The largest absolute Gasteiger partial charge is 0.352 e. The zero-order valence-corrected chi connectivity index (χ0v) is 11.0. The van der Waals surface area contributed by atoms with Gasteiger partial charge in [0.05, 0.1) is 6.33 Å². The maximum atomic E-state index is 11.9. The van der Waals surface area contributed by atoms with E-state index in [1.807, 2.05) is 42.1 Å². The predicted octanol–water partition coefficient (Wildman–Crippen LogP) is 1.21. The van der Waals surface area contributed by atoms with Gasteiger partial charge in [0.25, 0.3) is 5.91 Å². The predicted molar refractivity (Wildman–Crippen MR) is 74.4 cm³/mol. The fraction of sp³-hybridized carbons (Fsp3) is 0.286. The fourth-order valence-electron chi connectivity index (χ4n) is 1.77. The van der Waals surface area contributed by atoms with Crippen LogP contribution in [0, 0.1) is 0 Å². The molecule has 0 unspecified atom stereocenters. The van der Waals surface area contributed by atoms with Crippen molar-refractivity contribution in [1.29, 1.82) is 0 Å². The molecule has 0 aliphatic carbocycles. The summed E-state index contributed by atoms with van der Waals surface area (Å²) in [5, 5.41) is 5.93. The van der Waals surface area contributed by atoms with Gasteiger partial charge >= 0.3 is 0 Å². The molecule has 2 aromatic rings. The Bertz CT molecular complexity index is 505. The number of carbonyl (C=O) groups excluding carboxylic acids is 1. The van der Waals surface area contributed by atoms with E-state index in [0.29, 0.717) is 12.1 Å². The summed E-state index contributed by atoms with van der Waals surface area (Å²) in [7, 11) is 1.90. The van der Waals surface area contributed by atoms with Crippen LogP contribution in [0.1, 0.15) is 16.8 Å². The SMILES string of the molecule is CNCCCNC(=O)c1ccc(-n2ccnc2)cc1. The van der Waals surface area contributed by atoms with Gasteiger partial charge in [-0.15, -0.1) is 0 Å². The van der Waals surface area contributed by atoms with Gasteiger partial charge in [-0.2, -0.15) is 0 Å². The minimum atomic E-state index is -0.0340. The van der Waals surface area contributed by atoms with Crippen LogP contribution in [0.4, 0.5) is 0 Å².